The molecule has 1 saturated carbocycles. The number of benzene rings is 1. The van der Waals surface area contributed by atoms with Crippen molar-refractivity contribution in [3.05, 3.63) is 42.0 Å². The maximum Gasteiger partial charge on any atom is 0.407 e. The highest BCUT2D eigenvalue weighted by atomic mass is 19.1. The van der Waals surface area contributed by atoms with Crippen LogP contribution in [0.4, 0.5) is 15.0 Å². The lowest BCUT2D eigenvalue weighted by Gasteiger charge is -2.30. The fourth-order valence-corrected chi connectivity index (χ4v) is 3.46. The number of nitrogens with one attached hydrogen (secondary N) is 1. The Kier molecular flexibility index (Phi) is 5.82. The Bertz CT molecular complexity index is 843. The molecule has 0 spiro atoms. The van der Waals surface area contributed by atoms with Crippen LogP contribution >= 0.6 is 0 Å². The van der Waals surface area contributed by atoms with Gasteiger partial charge in [0.25, 0.3) is 0 Å². The normalized spacial score (nSPS) is 19.9. The van der Waals surface area contributed by atoms with Crippen molar-refractivity contribution in [2.75, 3.05) is 5.73 Å². The Morgan fingerprint density at radius 3 is 2.61 bits per heavy atom. The molecule has 28 heavy (non-hydrogen) atoms. The molecular formula is C21H27FN4O2. The lowest BCUT2D eigenvalue weighted by atomic mass is 9.84. The van der Waals surface area contributed by atoms with E-state index < -0.39 is 5.60 Å². The molecule has 0 atom stereocenters. The van der Waals surface area contributed by atoms with Gasteiger partial charge in [0.2, 0.25) is 0 Å². The minimum atomic E-state index is -0.506. The molecule has 0 radical (unpaired) electrons. The van der Waals surface area contributed by atoms with Crippen molar-refractivity contribution in [1.82, 2.24) is 15.3 Å². The fraction of sp³-hybridized carbons (Fsp3) is 0.476. The molecular weight excluding hydrogens is 359 g/mol. The molecule has 150 valence electrons. The van der Waals surface area contributed by atoms with E-state index in [-0.39, 0.29) is 29.7 Å². The van der Waals surface area contributed by atoms with Gasteiger partial charge in [0.15, 0.2) is 0 Å². The van der Waals surface area contributed by atoms with E-state index >= 15 is 0 Å². The van der Waals surface area contributed by atoms with Gasteiger partial charge >= 0.3 is 6.09 Å². The number of hydrogen-bond donors (Lipinski definition) is 2. The number of nitrogens with two attached hydrogens (primary N) is 1. The van der Waals surface area contributed by atoms with Crippen molar-refractivity contribution in [3.8, 4) is 11.3 Å². The van der Waals surface area contributed by atoms with E-state index in [4.69, 9.17) is 10.5 Å². The number of nitrogens with zero attached hydrogens (tertiary/aromatic N) is 2. The van der Waals surface area contributed by atoms with Gasteiger partial charge in [-0.05, 0) is 58.6 Å². The van der Waals surface area contributed by atoms with E-state index in [2.05, 4.69) is 15.3 Å². The first-order valence-corrected chi connectivity index (χ1v) is 9.59. The highest BCUT2D eigenvalue weighted by molar-refractivity contribution is 5.69. The van der Waals surface area contributed by atoms with Crippen LogP contribution in [0, 0.1) is 5.82 Å². The number of alkyl carbamates (subject to hydrolysis) is 1. The minimum absolute atomic E-state index is 0.0931. The summed E-state index contributed by atoms with van der Waals surface area (Å²) in [6.07, 6.45) is 4.75. The second kappa shape index (κ2) is 8.12. The monoisotopic (exact) mass is 386 g/mol. The van der Waals surface area contributed by atoms with E-state index in [1.54, 1.807) is 18.3 Å². The van der Waals surface area contributed by atoms with Gasteiger partial charge in [0.1, 0.15) is 22.9 Å². The fourth-order valence-electron chi connectivity index (χ4n) is 3.46. The number of anilines is 1. The topological polar surface area (TPSA) is 90.1 Å². The van der Waals surface area contributed by atoms with E-state index in [1.807, 2.05) is 20.8 Å². The van der Waals surface area contributed by atoms with Gasteiger partial charge < -0.3 is 15.8 Å². The number of amides is 1. The number of halogens is 1. The average molecular weight is 386 g/mol. The van der Waals surface area contributed by atoms with Crippen LogP contribution < -0.4 is 11.1 Å². The molecule has 1 aliphatic rings. The lowest BCUT2D eigenvalue weighted by Crippen LogP contribution is -2.40. The lowest BCUT2D eigenvalue weighted by molar-refractivity contribution is 0.0491. The van der Waals surface area contributed by atoms with Crippen molar-refractivity contribution >= 4 is 11.9 Å². The van der Waals surface area contributed by atoms with Gasteiger partial charge in [0, 0.05) is 17.5 Å². The molecule has 7 heteroatoms. The zero-order valence-electron chi connectivity index (χ0n) is 16.5. The predicted molar refractivity (Wildman–Crippen MR) is 106 cm³/mol. The van der Waals surface area contributed by atoms with Gasteiger partial charge in [-0.25, -0.2) is 19.2 Å². The smallest absolute Gasteiger partial charge is 0.407 e. The van der Waals surface area contributed by atoms with E-state index in [9.17, 15) is 9.18 Å². The molecule has 1 aromatic carbocycles. The summed E-state index contributed by atoms with van der Waals surface area (Å²) >= 11 is 0. The number of ether oxygens (including phenoxy) is 1. The number of carbonyl (C=O) groups is 1. The quantitative estimate of drug-likeness (QED) is 0.815. The molecule has 1 heterocycles. The number of nitrogen functional groups attached to an aromatic ring is 1. The van der Waals surface area contributed by atoms with Crippen LogP contribution in [-0.2, 0) is 4.74 Å². The van der Waals surface area contributed by atoms with E-state index in [1.165, 1.54) is 12.1 Å². The molecule has 1 fully saturated rings. The van der Waals surface area contributed by atoms with E-state index in [0.717, 1.165) is 31.4 Å². The maximum absolute atomic E-state index is 13.6. The molecule has 3 rings (SSSR count). The molecule has 0 saturated heterocycles. The second-order valence-electron chi connectivity index (χ2n) is 8.23. The van der Waals surface area contributed by atoms with Crippen LogP contribution in [0.25, 0.3) is 11.3 Å². The first-order valence-electron chi connectivity index (χ1n) is 9.59. The minimum Gasteiger partial charge on any atom is -0.444 e. The summed E-state index contributed by atoms with van der Waals surface area (Å²) in [5, 5.41) is 2.94. The van der Waals surface area contributed by atoms with Crippen LogP contribution in [0.15, 0.2) is 30.5 Å². The van der Waals surface area contributed by atoms with Gasteiger partial charge in [-0.3, -0.25) is 0 Å². The SMILES string of the molecule is CC(C)(C)OC(=O)NC1CCC(c2cnc(N)c(-c3cccc(F)c3)n2)CC1. The Labute approximate surface area is 164 Å². The van der Waals surface area contributed by atoms with Gasteiger partial charge in [-0.15, -0.1) is 0 Å². The van der Waals surface area contributed by atoms with Crippen LogP contribution in [0.3, 0.4) is 0 Å². The highest BCUT2D eigenvalue weighted by Gasteiger charge is 2.27. The van der Waals surface area contributed by atoms with Crippen LogP contribution in [0.5, 0.6) is 0 Å². The molecule has 0 bridgehead atoms. The molecule has 1 aliphatic carbocycles. The zero-order valence-corrected chi connectivity index (χ0v) is 16.5. The molecule has 6 nitrogen and oxygen atoms in total. The largest absolute Gasteiger partial charge is 0.444 e. The third-order valence-electron chi connectivity index (χ3n) is 4.78. The van der Waals surface area contributed by atoms with Crippen molar-refractivity contribution in [3.63, 3.8) is 0 Å². The summed E-state index contributed by atoms with van der Waals surface area (Å²) in [4.78, 5) is 20.9. The molecule has 0 unspecified atom stereocenters. The summed E-state index contributed by atoms with van der Waals surface area (Å²) in [6, 6.07) is 6.29. The van der Waals surface area contributed by atoms with Crippen LogP contribution in [0.1, 0.15) is 58.1 Å². The number of carbonyl (C=O) groups excluding carboxylic acids is 1. The zero-order chi connectivity index (χ0) is 20.3. The molecule has 0 aliphatic heterocycles. The first-order chi connectivity index (χ1) is 13.2. The summed E-state index contributed by atoms with van der Waals surface area (Å²) in [6.45, 7) is 5.54. The summed E-state index contributed by atoms with van der Waals surface area (Å²) in [5.74, 6) is 0.185. The molecule has 1 aromatic heterocycles. The Morgan fingerprint density at radius 2 is 1.96 bits per heavy atom. The summed E-state index contributed by atoms with van der Waals surface area (Å²) < 4.78 is 18.9. The van der Waals surface area contributed by atoms with Gasteiger partial charge in [-0.2, -0.15) is 0 Å². The molecule has 1 amide bonds. The third kappa shape index (κ3) is 5.18. The van der Waals surface area contributed by atoms with Crippen molar-refractivity contribution < 1.29 is 13.9 Å². The second-order valence-corrected chi connectivity index (χ2v) is 8.23. The van der Waals surface area contributed by atoms with Gasteiger partial charge in [0.05, 0.1) is 11.9 Å². The van der Waals surface area contributed by atoms with Crippen molar-refractivity contribution in [2.45, 2.75) is 64.0 Å². The summed E-state index contributed by atoms with van der Waals surface area (Å²) in [7, 11) is 0. The Morgan fingerprint density at radius 1 is 1.25 bits per heavy atom. The summed E-state index contributed by atoms with van der Waals surface area (Å²) in [5.41, 5.74) is 7.44. The standard InChI is InChI=1S/C21H27FN4O2/c1-21(2,3)28-20(27)25-16-9-7-13(8-10-16)17-12-24-19(23)18(26-17)14-5-4-6-15(22)11-14/h4-6,11-13,16H,7-10H2,1-3H3,(H2,23,24)(H,25,27). The van der Waals surface area contributed by atoms with Gasteiger partial charge in [-0.1, -0.05) is 12.1 Å². The highest BCUT2D eigenvalue weighted by Crippen LogP contribution is 2.33. The van der Waals surface area contributed by atoms with Crippen molar-refractivity contribution in [2.24, 2.45) is 0 Å². The maximum atomic E-state index is 13.6. The predicted octanol–water partition coefficient (Wildman–Crippen LogP) is 4.42. The first kappa shape index (κ1) is 20.0. The number of rotatable bonds is 3. The molecule has 2 aromatic rings. The van der Waals surface area contributed by atoms with E-state index in [0.29, 0.717) is 11.3 Å². The van der Waals surface area contributed by atoms with Crippen molar-refractivity contribution in [1.29, 1.82) is 0 Å². The number of hydrogen-bond acceptors (Lipinski definition) is 5. The molecule has 3 N–H and O–H groups in total. The Hall–Kier alpha value is -2.70. The van der Waals surface area contributed by atoms with Crippen LogP contribution in [-0.4, -0.2) is 27.7 Å². The number of aromatic nitrogens is 2. The third-order valence-corrected chi connectivity index (χ3v) is 4.78. The average Bonchev–Trinajstić information content (AvgIpc) is 2.61. The Balaban J connectivity index is 1.65. The van der Waals surface area contributed by atoms with Crippen LogP contribution in [0.2, 0.25) is 0 Å².